The van der Waals surface area contributed by atoms with Crippen LogP contribution in [0, 0.1) is 11.7 Å². The Balaban J connectivity index is 2.62. The van der Waals surface area contributed by atoms with Crippen molar-refractivity contribution in [2.24, 2.45) is 5.92 Å². The summed E-state index contributed by atoms with van der Waals surface area (Å²) in [4.78, 5) is 11.7. The summed E-state index contributed by atoms with van der Waals surface area (Å²) < 4.78 is 37.7. The molecular weight excluding hydrogens is 307 g/mol. The number of amides is 1. The highest BCUT2D eigenvalue weighted by atomic mass is 32.2. The molecule has 0 unspecified atom stereocenters. The van der Waals surface area contributed by atoms with E-state index >= 15 is 0 Å². The topological polar surface area (TPSA) is 66.5 Å². The number of hydrogen-bond donors (Lipinski definition) is 1. The molecule has 1 N–H and O–H groups in total. The Bertz CT molecular complexity index is 585. The fraction of sp³-hybridized carbons (Fsp3) is 0.533. The summed E-state index contributed by atoms with van der Waals surface area (Å²) in [6, 6.07) is 5.63. The van der Waals surface area contributed by atoms with E-state index in [9.17, 15) is 17.6 Å². The zero-order chi connectivity index (χ0) is 16.8. The summed E-state index contributed by atoms with van der Waals surface area (Å²) in [5.74, 6) is -0.210. The van der Waals surface area contributed by atoms with Crippen LogP contribution in [0.2, 0.25) is 0 Å². The zero-order valence-corrected chi connectivity index (χ0v) is 14.0. The minimum atomic E-state index is -3.44. The second-order valence-electron chi connectivity index (χ2n) is 5.67. The minimum absolute atomic E-state index is 0.0974. The van der Waals surface area contributed by atoms with Crippen LogP contribution in [0.5, 0.6) is 0 Å². The van der Waals surface area contributed by atoms with Crippen molar-refractivity contribution in [3.63, 3.8) is 0 Å². The van der Waals surface area contributed by atoms with Crippen LogP contribution in [0.25, 0.3) is 0 Å². The monoisotopic (exact) mass is 330 g/mol. The average molecular weight is 330 g/mol. The second-order valence-corrected chi connectivity index (χ2v) is 7.65. The van der Waals surface area contributed by atoms with E-state index in [-0.39, 0.29) is 31.2 Å². The number of carbonyl (C=O) groups is 1. The maximum absolute atomic E-state index is 12.9. The molecule has 7 heteroatoms. The third-order valence-electron chi connectivity index (χ3n) is 3.04. The second kappa shape index (κ2) is 8.24. The molecule has 1 amide bonds. The van der Waals surface area contributed by atoms with Crippen LogP contribution >= 0.6 is 0 Å². The van der Waals surface area contributed by atoms with Gasteiger partial charge in [-0.15, -0.1) is 0 Å². The molecule has 0 heterocycles. The van der Waals surface area contributed by atoms with Crippen LogP contribution < -0.4 is 5.32 Å². The molecule has 0 bridgehead atoms. The Labute approximate surface area is 131 Å². The van der Waals surface area contributed by atoms with Crippen molar-refractivity contribution in [1.82, 2.24) is 9.62 Å². The standard InChI is InChI=1S/C15H23FN2O3S/c1-12(2)10-17-15(19)8-9-18(22(3,20)21)11-13-4-6-14(16)7-5-13/h4-7,12H,8-11H2,1-3H3,(H,17,19). The summed E-state index contributed by atoms with van der Waals surface area (Å²) in [5, 5.41) is 2.75. The maximum Gasteiger partial charge on any atom is 0.221 e. The van der Waals surface area contributed by atoms with E-state index in [4.69, 9.17) is 0 Å². The molecule has 0 saturated carbocycles. The van der Waals surface area contributed by atoms with Crippen molar-refractivity contribution in [1.29, 1.82) is 0 Å². The van der Waals surface area contributed by atoms with Crippen molar-refractivity contribution in [3.05, 3.63) is 35.6 Å². The van der Waals surface area contributed by atoms with E-state index in [1.165, 1.54) is 28.6 Å². The van der Waals surface area contributed by atoms with Gasteiger partial charge in [0.15, 0.2) is 0 Å². The molecule has 0 aliphatic rings. The van der Waals surface area contributed by atoms with E-state index < -0.39 is 10.0 Å². The van der Waals surface area contributed by atoms with E-state index in [0.717, 1.165) is 6.26 Å². The highest BCUT2D eigenvalue weighted by Gasteiger charge is 2.18. The van der Waals surface area contributed by atoms with Gasteiger partial charge in [0.25, 0.3) is 0 Å². The van der Waals surface area contributed by atoms with Gasteiger partial charge in [-0.3, -0.25) is 4.79 Å². The number of halogens is 1. The van der Waals surface area contributed by atoms with Gasteiger partial charge in [-0.05, 0) is 23.6 Å². The SMILES string of the molecule is CC(C)CNC(=O)CCN(Cc1ccc(F)cc1)S(C)(=O)=O. The minimum Gasteiger partial charge on any atom is -0.356 e. The van der Waals surface area contributed by atoms with Crippen LogP contribution in [-0.2, 0) is 21.4 Å². The smallest absolute Gasteiger partial charge is 0.221 e. The van der Waals surface area contributed by atoms with Crippen LogP contribution in [0.3, 0.4) is 0 Å². The molecule has 1 aromatic rings. The summed E-state index contributed by atoms with van der Waals surface area (Å²) in [7, 11) is -3.44. The lowest BCUT2D eigenvalue weighted by atomic mass is 10.2. The Morgan fingerprint density at radius 3 is 2.36 bits per heavy atom. The zero-order valence-electron chi connectivity index (χ0n) is 13.2. The van der Waals surface area contributed by atoms with Gasteiger partial charge < -0.3 is 5.32 Å². The lowest BCUT2D eigenvalue weighted by molar-refractivity contribution is -0.121. The molecule has 5 nitrogen and oxygen atoms in total. The van der Waals surface area contributed by atoms with E-state index in [1.54, 1.807) is 0 Å². The first-order valence-corrected chi connectivity index (χ1v) is 8.99. The molecule has 0 radical (unpaired) electrons. The summed E-state index contributed by atoms with van der Waals surface area (Å²) in [5.41, 5.74) is 0.675. The van der Waals surface area contributed by atoms with Crippen molar-refractivity contribution in [3.8, 4) is 0 Å². The average Bonchev–Trinajstić information content (AvgIpc) is 2.41. The molecule has 0 aliphatic heterocycles. The molecule has 1 aromatic carbocycles. The molecule has 1 rings (SSSR count). The highest BCUT2D eigenvalue weighted by Crippen LogP contribution is 2.10. The van der Waals surface area contributed by atoms with Gasteiger partial charge in [-0.1, -0.05) is 26.0 Å². The first kappa shape index (κ1) is 18.6. The summed E-state index contributed by atoms with van der Waals surface area (Å²) >= 11 is 0. The largest absolute Gasteiger partial charge is 0.356 e. The van der Waals surface area contributed by atoms with Gasteiger partial charge in [0.1, 0.15) is 5.82 Å². The quantitative estimate of drug-likeness (QED) is 0.790. The van der Waals surface area contributed by atoms with Gasteiger partial charge >= 0.3 is 0 Å². The van der Waals surface area contributed by atoms with Crippen LogP contribution in [0.4, 0.5) is 4.39 Å². The lowest BCUT2D eigenvalue weighted by Gasteiger charge is -2.20. The molecule has 0 aliphatic carbocycles. The fourth-order valence-electron chi connectivity index (χ4n) is 1.79. The normalized spacial score (nSPS) is 11.9. The van der Waals surface area contributed by atoms with Crippen LogP contribution in [-0.4, -0.2) is 38.0 Å². The van der Waals surface area contributed by atoms with Crippen LogP contribution in [0.15, 0.2) is 24.3 Å². The van der Waals surface area contributed by atoms with Gasteiger partial charge in [0.05, 0.1) is 6.26 Å². The number of nitrogens with zero attached hydrogens (tertiary/aromatic N) is 1. The van der Waals surface area contributed by atoms with Crippen molar-refractivity contribution in [2.75, 3.05) is 19.3 Å². The molecule has 0 fully saturated rings. The van der Waals surface area contributed by atoms with Gasteiger partial charge in [-0.25, -0.2) is 12.8 Å². The number of rotatable bonds is 8. The molecule has 0 atom stereocenters. The third kappa shape index (κ3) is 7.00. The third-order valence-corrected chi connectivity index (χ3v) is 4.29. The molecular formula is C15H23FN2O3S. The summed E-state index contributed by atoms with van der Waals surface area (Å²) in [6.45, 7) is 4.75. The fourth-order valence-corrected chi connectivity index (χ4v) is 2.59. The highest BCUT2D eigenvalue weighted by molar-refractivity contribution is 7.88. The van der Waals surface area contributed by atoms with Crippen LogP contribution in [0.1, 0.15) is 25.8 Å². The number of hydrogen-bond acceptors (Lipinski definition) is 3. The van der Waals surface area contributed by atoms with Gasteiger partial charge in [0, 0.05) is 26.1 Å². The molecule has 0 saturated heterocycles. The van der Waals surface area contributed by atoms with Gasteiger partial charge in [0.2, 0.25) is 15.9 Å². The predicted molar refractivity (Wildman–Crippen MR) is 84.1 cm³/mol. The number of sulfonamides is 1. The Morgan fingerprint density at radius 1 is 1.27 bits per heavy atom. The summed E-state index contributed by atoms with van der Waals surface area (Å²) in [6.07, 6.45) is 1.20. The first-order chi connectivity index (χ1) is 10.2. The number of nitrogens with one attached hydrogen (secondary N) is 1. The number of carbonyl (C=O) groups excluding carboxylic acids is 1. The Kier molecular flexibility index (Phi) is 6.96. The molecule has 124 valence electrons. The molecule has 0 aromatic heterocycles. The Hall–Kier alpha value is -1.47. The predicted octanol–water partition coefficient (Wildman–Crippen LogP) is 1.75. The Morgan fingerprint density at radius 2 is 1.86 bits per heavy atom. The van der Waals surface area contributed by atoms with Crippen molar-refractivity contribution >= 4 is 15.9 Å². The molecule has 22 heavy (non-hydrogen) atoms. The van der Waals surface area contributed by atoms with E-state index in [0.29, 0.717) is 18.0 Å². The molecule has 0 spiro atoms. The van der Waals surface area contributed by atoms with Crippen molar-refractivity contribution in [2.45, 2.75) is 26.8 Å². The van der Waals surface area contributed by atoms with E-state index in [2.05, 4.69) is 5.32 Å². The maximum atomic E-state index is 12.9. The number of benzene rings is 1. The van der Waals surface area contributed by atoms with Crippen molar-refractivity contribution < 1.29 is 17.6 Å². The lowest BCUT2D eigenvalue weighted by Crippen LogP contribution is -2.35. The first-order valence-electron chi connectivity index (χ1n) is 7.14. The van der Waals surface area contributed by atoms with E-state index in [1.807, 2.05) is 13.8 Å². The van der Waals surface area contributed by atoms with Gasteiger partial charge in [-0.2, -0.15) is 4.31 Å².